The molecule has 2 aromatic carbocycles. The predicted molar refractivity (Wildman–Crippen MR) is 119 cm³/mol. The van der Waals surface area contributed by atoms with Gasteiger partial charge in [0.25, 0.3) is 0 Å². The topological polar surface area (TPSA) is 0 Å². The molecule has 0 heterocycles. The molecule has 0 N–H and O–H groups in total. The van der Waals surface area contributed by atoms with E-state index in [4.69, 9.17) is 0 Å². The normalized spacial score (nSPS) is 22.5. The maximum Gasteiger partial charge on any atom is 0.0117 e. The van der Waals surface area contributed by atoms with Gasteiger partial charge in [0, 0.05) is 11.3 Å². The summed E-state index contributed by atoms with van der Waals surface area (Å²) in [6, 6.07) is 17.7. The molecular formula is C28H28. The minimum atomic E-state index is 0.187. The molecule has 0 nitrogen and oxygen atoms in total. The molecule has 3 aliphatic rings. The Bertz CT molecular complexity index is 1070. The summed E-state index contributed by atoms with van der Waals surface area (Å²) in [6.07, 6.45) is 13.2. The van der Waals surface area contributed by atoms with E-state index in [2.05, 4.69) is 93.6 Å². The molecule has 0 amide bonds. The summed E-state index contributed by atoms with van der Waals surface area (Å²) in [7, 11) is 0. The summed E-state index contributed by atoms with van der Waals surface area (Å²) in [5, 5.41) is 0. The van der Waals surface area contributed by atoms with Gasteiger partial charge in [-0.15, -0.1) is 0 Å². The Morgan fingerprint density at radius 2 is 1.64 bits per heavy atom. The van der Waals surface area contributed by atoms with E-state index in [0.29, 0.717) is 5.92 Å². The Hall–Kier alpha value is -2.60. The van der Waals surface area contributed by atoms with E-state index < -0.39 is 0 Å². The third-order valence-electron chi connectivity index (χ3n) is 6.96. The van der Waals surface area contributed by atoms with Gasteiger partial charge in [-0.3, -0.25) is 0 Å². The van der Waals surface area contributed by atoms with Crippen molar-refractivity contribution >= 4 is 0 Å². The fourth-order valence-electron chi connectivity index (χ4n) is 5.46. The zero-order chi connectivity index (χ0) is 19.3. The maximum atomic E-state index is 2.46. The van der Waals surface area contributed by atoms with Crippen LogP contribution in [0.4, 0.5) is 0 Å². The van der Waals surface area contributed by atoms with Gasteiger partial charge in [-0.2, -0.15) is 0 Å². The number of fused-ring (bicyclic) bond motifs is 1. The van der Waals surface area contributed by atoms with Crippen molar-refractivity contribution in [2.75, 3.05) is 0 Å². The lowest BCUT2D eigenvalue weighted by atomic mass is 9.75. The van der Waals surface area contributed by atoms with E-state index in [9.17, 15) is 0 Å². The lowest BCUT2D eigenvalue weighted by Crippen LogP contribution is -2.16. The van der Waals surface area contributed by atoms with Gasteiger partial charge >= 0.3 is 0 Å². The minimum Gasteiger partial charge on any atom is -0.0836 e. The molecule has 140 valence electrons. The number of allylic oxidation sites excluding steroid dienone is 8. The number of hydrogen-bond donors (Lipinski definition) is 0. The summed E-state index contributed by atoms with van der Waals surface area (Å²) in [5.74, 6) is 0.438. The molecule has 0 fully saturated rings. The summed E-state index contributed by atoms with van der Waals surface area (Å²) >= 11 is 0. The molecule has 0 aromatic heterocycles. The van der Waals surface area contributed by atoms with Crippen LogP contribution in [0.5, 0.6) is 0 Å². The Kier molecular flexibility index (Phi) is 4.05. The molecule has 0 bridgehead atoms. The minimum absolute atomic E-state index is 0.187. The van der Waals surface area contributed by atoms with Crippen molar-refractivity contribution in [3.63, 3.8) is 0 Å². The average molecular weight is 365 g/mol. The second-order valence-electron chi connectivity index (χ2n) is 8.92. The van der Waals surface area contributed by atoms with E-state index in [1.165, 1.54) is 40.7 Å². The Labute approximate surface area is 169 Å². The second kappa shape index (κ2) is 6.48. The first-order chi connectivity index (χ1) is 13.6. The number of rotatable bonds is 2. The van der Waals surface area contributed by atoms with Crippen LogP contribution in [0, 0.1) is 12.3 Å². The third kappa shape index (κ3) is 2.58. The summed E-state index contributed by atoms with van der Waals surface area (Å²) in [5.41, 5.74) is 12.0. The maximum absolute atomic E-state index is 2.46. The fraction of sp³-hybridized carbons (Fsp3) is 0.286. The molecule has 3 aliphatic carbocycles. The van der Waals surface area contributed by atoms with E-state index >= 15 is 0 Å². The van der Waals surface area contributed by atoms with Gasteiger partial charge in [0.2, 0.25) is 0 Å². The molecule has 0 spiro atoms. The third-order valence-corrected chi connectivity index (χ3v) is 6.96. The fourth-order valence-corrected chi connectivity index (χ4v) is 5.46. The highest BCUT2D eigenvalue weighted by atomic mass is 14.4. The van der Waals surface area contributed by atoms with Gasteiger partial charge in [0.15, 0.2) is 0 Å². The smallest absolute Gasteiger partial charge is 0.0117 e. The largest absolute Gasteiger partial charge is 0.0836 e. The second-order valence-corrected chi connectivity index (χ2v) is 8.92. The lowest BCUT2D eigenvalue weighted by molar-refractivity contribution is 0.531. The Morgan fingerprint density at radius 1 is 0.893 bits per heavy atom. The predicted octanol–water partition coefficient (Wildman–Crippen LogP) is 7.69. The molecule has 0 aliphatic heterocycles. The average Bonchev–Trinajstić information content (AvgIpc) is 2.96. The van der Waals surface area contributed by atoms with E-state index in [1.54, 1.807) is 16.7 Å². The van der Waals surface area contributed by atoms with Crippen molar-refractivity contribution < 1.29 is 0 Å². The van der Waals surface area contributed by atoms with Crippen molar-refractivity contribution in [3.05, 3.63) is 106 Å². The Balaban J connectivity index is 1.57. The van der Waals surface area contributed by atoms with Gasteiger partial charge in [0.05, 0.1) is 0 Å². The highest BCUT2D eigenvalue weighted by molar-refractivity contribution is 5.72. The highest BCUT2D eigenvalue weighted by Gasteiger charge is 2.40. The Morgan fingerprint density at radius 3 is 2.46 bits per heavy atom. The SMILES string of the molecule is Cc1ccccc1-c1ccccc1C1C=CC2=C(C1)C1=C(CCC=C1)C2(C)C. The van der Waals surface area contributed by atoms with Crippen LogP contribution >= 0.6 is 0 Å². The molecule has 1 unspecified atom stereocenters. The number of hydrogen-bond acceptors (Lipinski definition) is 0. The van der Waals surface area contributed by atoms with Gasteiger partial charge < -0.3 is 0 Å². The zero-order valence-corrected chi connectivity index (χ0v) is 17.1. The number of aryl methyl sites for hydroxylation is 1. The highest BCUT2D eigenvalue weighted by Crippen LogP contribution is 2.55. The van der Waals surface area contributed by atoms with Crippen LogP contribution in [-0.2, 0) is 0 Å². The van der Waals surface area contributed by atoms with Gasteiger partial charge in [-0.1, -0.05) is 92.3 Å². The molecule has 0 saturated heterocycles. The van der Waals surface area contributed by atoms with Crippen LogP contribution in [0.1, 0.15) is 50.2 Å². The molecule has 0 radical (unpaired) electrons. The molecule has 28 heavy (non-hydrogen) atoms. The quantitative estimate of drug-likeness (QED) is 0.512. The standard InChI is InChI=1S/C28H28/c1-19-10-4-5-11-21(19)23-13-7-6-12-22(23)20-16-17-27-25(18-20)24-14-8-9-15-26(24)28(27,2)3/h4-8,10-14,16-17,20H,9,15,18H2,1-3H3. The summed E-state index contributed by atoms with van der Waals surface area (Å²) in [6.45, 7) is 7.04. The molecule has 2 aromatic rings. The van der Waals surface area contributed by atoms with Crippen molar-refractivity contribution in [1.82, 2.24) is 0 Å². The van der Waals surface area contributed by atoms with Crippen LogP contribution in [-0.4, -0.2) is 0 Å². The van der Waals surface area contributed by atoms with E-state index in [-0.39, 0.29) is 5.41 Å². The lowest BCUT2D eigenvalue weighted by Gasteiger charge is -2.29. The zero-order valence-electron chi connectivity index (χ0n) is 17.1. The first-order valence-corrected chi connectivity index (χ1v) is 10.5. The van der Waals surface area contributed by atoms with Crippen LogP contribution in [0.15, 0.2) is 95.1 Å². The molecule has 1 atom stereocenters. The van der Waals surface area contributed by atoms with E-state index in [0.717, 1.165) is 6.42 Å². The van der Waals surface area contributed by atoms with Crippen molar-refractivity contribution in [3.8, 4) is 11.1 Å². The van der Waals surface area contributed by atoms with Crippen molar-refractivity contribution in [1.29, 1.82) is 0 Å². The number of benzene rings is 2. The first kappa shape index (κ1) is 17.5. The van der Waals surface area contributed by atoms with Crippen LogP contribution in [0.3, 0.4) is 0 Å². The first-order valence-electron chi connectivity index (χ1n) is 10.5. The monoisotopic (exact) mass is 364 g/mol. The molecular weight excluding hydrogens is 336 g/mol. The van der Waals surface area contributed by atoms with Crippen molar-refractivity contribution in [2.45, 2.75) is 46.0 Å². The van der Waals surface area contributed by atoms with Gasteiger partial charge in [-0.05, 0) is 65.2 Å². The summed E-state index contributed by atoms with van der Waals surface area (Å²) in [4.78, 5) is 0. The van der Waals surface area contributed by atoms with Crippen molar-refractivity contribution in [2.24, 2.45) is 5.41 Å². The molecule has 5 rings (SSSR count). The molecule has 0 saturated carbocycles. The van der Waals surface area contributed by atoms with Crippen LogP contribution < -0.4 is 0 Å². The summed E-state index contributed by atoms with van der Waals surface area (Å²) < 4.78 is 0. The van der Waals surface area contributed by atoms with Crippen LogP contribution in [0.2, 0.25) is 0 Å². The van der Waals surface area contributed by atoms with Gasteiger partial charge in [0.1, 0.15) is 0 Å². The molecule has 0 heteroatoms. The van der Waals surface area contributed by atoms with E-state index in [1.807, 2.05) is 0 Å². The van der Waals surface area contributed by atoms with Crippen LogP contribution in [0.25, 0.3) is 11.1 Å². The van der Waals surface area contributed by atoms with Gasteiger partial charge in [-0.25, -0.2) is 0 Å².